The molecule has 11 heteroatoms. The third-order valence-electron chi connectivity index (χ3n) is 12.0. The number of piperidine rings is 2. The van der Waals surface area contributed by atoms with Crippen LogP contribution in [0.1, 0.15) is 102 Å². The van der Waals surface area contributed by atoms with Gasteiger partial charge >= 0.3 is 0 Å². The molecule has 272 valence electrons. The van der Waals surface area contributed by atoms with Crippen LogP contribution in [0.15, 0.2) is 73.3 Å². The molecular formula is C42H43N5O6. The highest BCUT2D eigenvalue weighted by Crippen LogP contribution is 2.41. The van der Waals surface area contributed by atoms with Gasteiger partial charge in [0.2, 0.25) is 11.8 Å². The number of hydrogen-bond donors (Lipinski definition) is 2. The molecule has 2 aromatic carbocycles. The maximum absolute atomic E-state index is 13.4. The standard InChI is InChI=1S/C42H43N5O6/c48-38-10-5-26-20-27(4-7-32(26)38)36-24-46(23-35(36)25-12-16-43-17-13-25)28-2-1-3-31(21-28)53-30-14-18-45(19-15-30)29-6-8-33-34(22-29)42(52)47(41(33)51)37-9-11-39(49)44-40(37)50/h4,6-8,12-13,16-17,20,22-24,28,30-31,37-38,48H,1-3,5,9-11,14-15,18-19,21H2,(H,44,49,50)/t28-,31+,37?,38?/m1/s1. The predicted octanol–water partition coefficient (Wildman–Crippen LogP) is 5.77. The monoisotopic (exact) mass is 713 g/mol. The number of aromatic nitrogens is 2. The molecule has 4 aromatic rings. The van der Waals surface area contributed by atoms with E-state index in [1.54, 1.807) is 12.1 Å². The van der Waals surface area contributed by atoms with Gasteiger partial charge in [-0.1, -0.05) is 18.2 Å². The van der Waals surface area contributed by atoms with Crippen LogP contribution in [0.4, 0.5) is 5.69 Å². The molecule has 0 spiro atoms. The molecule has 2 saturated heterocycles. The third-order valence-corrected chi connectivity index (χ3v) is 12.0. The van der Waals surface area contributed by atoms with Gasteiger partial charge in [-0.05, 0) is 110 Å². The maximum Gasteiger partial charge on any atom is 0.262 e. The molecule has 9 rings (SSSR count). The fraction of sp³-hybridized carbons (Fsp3) is 0.405. The number of hydrogen-bond acceptors (Lipinski definition) is 8. The van der Waals surface area contributed by atoms with E-state index in [1.165, 1.54) is 22.3 Å². The number of ether oxygens (including phenoxy) is 1. The Balaban J connectivity index is 0.854. The van der Waals surface area contributed by atoms with Crippen molar-refractivity contribution < 1.29 is 29.0 Å². The highest BCUT2D eigenvalue weighted by Gasteiger charge is 2.45. The molecule has 2 aliphatic carbocycles. The summed E-state index contributed by atoms with van der Waals surface area (Å²) in [6.07, 6.45) is 16.0. The molecule has 0 radical (unpaired) electrons. The molecule has 53 heavy (non-hydrogen) atoms. The molecule has 2 unspecified atom stereocenters. The molecule has 5 heterocycles. The minimum atomic E-state index is -0.973. The van der Waals surface area contributed by atoms with Crippen LogP contribution >= 0.6 is 0 Å². The number of rotatable bonds is 7. The van der Waals surface area contributed by atoms with Gasteiger partial charge in [0.1, 0.15) is 6.04 Å². The van der Waals surface area contributed by atoms with Gasteiger partial charge in [0.05, 0.1) is 29.4 Å². The first-order valence-electron chi connectivity index (χ1n) is 19.0. The molecular weight excluding hydrogens is 670 g/mol. The average molecular weight is 714 g/mol. The number of nitrogens with one attached hydrogen (secondary N) is 1. The first-order valence-corrected chi connectivity index (χ1v) is 19.0. The molecule has 3 aliphatic heterocycles. The summed E-state index contributed by atoms with van der Waals surface area (Å²) in [6.45, 7) is 1.54. The Hall–Kier alpha value is -5.13. The smallest absolute Gasteiger partial charge is 0.262 e. The Bertz CT molecular complexity index is 2100. The van der Waals surface area contributed by atoms with Crippen molar-refractivity contribution >= 4 is 29.3 Å². The van der Waals surface area contributed by atoms with Gasteiger partial charge in [0.15, 0.2) is 0 Å². The molecule has 2 N–H and O–H groups in total. The normalized spacial score (nSPS) is 24.8. The SMILES string of the molecule is O=C1CCC(N2C(=O)c3ccc(N4CCC(O[C@H]5CCC[C@@H](n6cc(-c7ccncc7)c(-c7ccc8c(c7)CCC8O)c6)C5)CC4)cc3C2=O)C(=O)N1. The van der Waals surface area contributed by atoms with Gasteiger partial charge in [-0.2, -0.15) is 0 Å². The predicted molar refractivity (Wildman–Crippen MR) is 197 cm³/mol. The Kier molecular flexibility index (Phi) is 8.70. The lowest BCUT2D eigenvalue weighted by Gasteiger charge is -2.37. The van der Waals surface area contributed by atoms with Crippen molar-refractivity contribution in [2.75, 3.05) is 18.0 Å². The van der Waals surface area contributed by atoms with E-state index in [-0.39, 0.29) is 37.1 Å². The Morgan fingerprint density at radius 2 is 1.51 bits per heavy atom. The Labute approximate surface area is 307 Å². The first kappa shape index (κ1) is 33.7. The second-order valence-corrected chi connectivity index (χ2v) is 15.2. The molecule has 0 bridgehead atoms. The summed E-state index contributed by atoms with van der Waals surface area (Å²) in [6, 6.07) is 15.3. The summed E-state index contributed by atoms with van der Waals surface area (Å²) in [5, 5.41) is 12.6. The summed E-state index contributed by atoms with van der Waals surface area (Å²) in [7, 11) is 0. The number of pyridine rings is 1. The number of carbonyl (C=O) groups excluding carboxylic acids is 4. The van der Waals surface area contributed by atoms with Gasteiger partial charge in [0, 0.05) is 67.2 Å². The van der Waals surface area contributed by atoms with E-state index < -0.39 is 23.8 Å². The van der Waals surface area contributed by atoms with Crippen LogP contribution in [0.25, 0.3) is 22.3 Å². The van der Waals surface area contributed by atoms with Crippen LogP contribution in [0.5, 0.6) is 0 Å². The maximum atomic E-state index is 13.4. The lowest BCUT2D eigenvalue weighted by Crippen LogP contribution is -2.54. The van der Waals surface area contributed by atoms with Crippen molar-refractivity contribution in [1.82, 2.24) is 19.8 Å². The fourth-order valence-corrected chi connectivity index (χ4v) is 9.13. The number of anilines is 1. The number of nitrogens with zero attached hydrogens (tertiary/aromatic N) is 4. The number of aliphatic hydroxyl groups is 1. The van der Waals surface area contributed by atoms with Crippen LogP contribution in [0.2, 0.25) is 0 Å². The van der Waals surface area contributed by atoms with Crippen molar-refractivity contribution in [3.8, 4) is 22.3 Å². The molecule has 4 amide bonds. The number of benzene rings is 2. The quantitative estimate of drug-likeness (QED) is 0.231. The van der Waals surface area contributed by atoms with Gasteiger partial charge < -0.3 is 19.3 Å². The number of fused-ring (bicyclic) bond motifs is 2. The van der Waals surface area contributed by atoms with E-state index in [9.17, 15) is 24.3 Å². The Morgan fingerprint density at radius 3 is 2.30 bits per heavy atom. The van der Waals surface area contributed by atoms with Crippen molar-refractivity contribution in [2.45, 2.75) is 94.6 Å². The van der Waals surface area contributed by atoms with E-state index in [1.807, 2.05) is 18.5 Å². The molecule has 1 saturated carbocycles. The molecule has 3 fully saturated rings. The molecule has 5 aliphatic rings. The summed E-state index contributed by atoms with van der Waals surface area (Å²) in [5.41, 5.74) is 8.44. The zero-order valence-electron chi connectivity index (χ0n) is 29.6. The number of aryl methyl sites for hydroxylation is 1. The minimum Gasteiger partial charge on any atom is -0.388 e. The highest BCUT2D eigenvalue weighted by atomic mass is 16.5. The van der Waals surface area contributed by atoms with Crippen LogP contribution in [0, 0.1) is 0 Å². The van der Waals surface area contributed by atoms with Gasteiger partial charge in [-0.25, -0.2) is 0 Å². The average Bonchev–Trinajstić information content (AvgIpc) is 3.86. The molecule has 11 nitrogen and oxygen atoms in total. The fourth-order valence-electron chi connectivity index (χ4n) is 9.13. The van der Waals surface area contributed by atoms with E-state index >= 15 is 0 Å². The van der Waals surface area contributed by atoms with Crippen LogP contribution in [0.3, 0.4) is 0 Å². The largest absolute Gasteiger partial charge is 0.388 e. The molecule has 4 atom stereocenters. The second-order valence-electron chi connectivity index (χ2n) is 15.2. The number of carbonyl (C=O) groups is 4. The summed E-state index contributed by atoms with van der Waals surface area (Å²) in [4.78, 5) is 58.1. The van der Waals surface area contributed by atoms with Crippen molar-refractivity contribution in [3.63, 3.8) is 0 Å². The van der Waals surface area contributed by atoms with Crippen LogP contribution < -0.4 is 10.2 Å². The van der Waals surface area contributed by atoms with Crippen molar-refractivity contribution in [3.05, 3.63) is 95.6 Å². The summed E-state index contributed by atoms with van der Waals surface area (Å²) < 4.78 is 9.20. The third kappa shape index (κ3) is 6.25. The van der Waals surface area contributed by atoms with E-state index in [4.69, 9.17) is 4.74 Å². The highest BCUT2D eigenvalue weighted by molar-refractivity contribution is 6.23. The van der Waals surface area contributed by atoms with E-state index in [0.717, 1.165) is 86.2 Å². The van der Waals surface area contributed by atoms with Crippen LogP contribution in [-0.4, -0.2) is 74.5 Å². The first-order chi connectivity index (χ1) is 25.8. The van der Waals surface area contributed by atoms with Gasteiger partial charge in [-0.3, -0.25) is 34.4 Å². The number of imide groups is 2. The van der Waals surface area contributed by atoms with Gasteiger partial charge in [-0.15, -0.1) is 0 Å². The molecule has 2 aromatic heterocycles. The van der Waals surface area contributed by atoms with Crippen molar-refractivity contribution in [2.24, 2.45) is 0 Å². The zero-order valence-corrected chi connectivity index (χ0v) is 29.6. The second kappa shape index (κ2) is 13.7. The van der Waals surface area contributed by atoms with Crippen molar-refractivity contribution in [1.29, 1.82) is 0 Å². The van der Waals surface area contributed by atoms with E-state index in [0.29, 0.717) is 17.2 Å². The minimum absolute atomic E-state index is 0.0940. The van der Waals surface area contributed by atoms with Gasteiger partial charge in [0.25, 0.3) is 11.8 Å². The summed E-state index contributed by atoms with van der Waals surface area (Å²) in [5.74, 6) is -1.97. The zero-order chi connectivity index (χ0) is 36.2. The van der Waals surface area contributed by atoms with E-state index in [2.05, 4.69) is 62.5 Å². The Morgan fingerprint density at radius 1 is 0.736 bits per heavy atom. The summed E-state index contributed by atoms with van der Waals surface area (Å²) >= 11 is 0. The number of amides is 4. The van der Waals surface area contributed by atoms with Crippen LogP contribution in [-0.2, 0) is 20.7 Å². The lowest BCUT2D eigenvalue weighted by molar-refractivity contribution is -0.136. The lowest BCUT2D eigenvalue weighted by atomic mass is 9.92. The topological polar surface area (TPSA) is 134 Å². The number of aliphatic hydroxyl groups excluding tert-OH is 1.